The molecule has 0 spiro atoms. The summed E-state index contributed by atoms with van der Waals surface area (Å²) in [7, 11) is 0. The van der Waals surface area contributed by atoms with E-state index < -0.39 is 0 Å². The number of allylic oxidation sites excluding steroid dienone is 1. The number of benzene rings is 3. The Morgan fingerprint density at radius 2 is 1.78 bits per heavy atom. The van der Waals surface area contributed by atoms with E-state index in [1.165, 1.54) is 11.6 Å². The Balaban J connectivity index is 1.40. The molecule has 0 fully saturated rings. The molecule has 8 nitrogen and oxygen atoms in total. The van der Waals surface area contributed by atoms with E-state index in [2.05, 4.69) is 63.9 Å². The fourth-order valence-corrected chi connectivity index (χ4v) is 4.43. The van der Waals surface area contributed by atoms with Crippen LogP contribution in [-0.4, -0.2) is 28.4 Å². The van der Waals surface area contributed by atoms with E-state index in [1.807, 2.05) is 12.1 Å². The molecule has 2 heterocycles. The fourth-order valence-electron chi connectivity index (χ4n) is 4.43. The van der Waals surface area contributed by atoms with Crippen LogP contribution in [0.1, 0.15) is 35.2 Å². The minimum absolute atomic E-state index is 0.301. The number of carbonyl (C=O) groups is 2. The lowest BCUT2D eigenvalue weighted by atomic mass is 10.0. The largest absolute Gasteiger partial charge is 0.493 e. The zero-order valence-electron chi connectivity index (χ0n) is 22.6. The Hall–Kier alpha value is -5.24. The van der Waals surface area contributed by atoms with Gasteiger partial charge in [0.05, 0.1) is 12.3 Å². The highest BCUT2D eigenvalue weighted by Gasteiger charge is 2.11. The number of nitrogens with one attached hydrogen (secondary N) is 3. The Labute approximate surface area is 239 Å². The van der Waals surface area contributed by atoms with Gasteiger partial charge in [-0.05, 0) is 79.8 Å². The molecular formula is C33H31N5O3. The molecule has 3 aromatic carbocycles. The number of carbonyl (C=O) groups excluding carboxylic acids is 2. The molecule has 0 aliphatic carbocycles. The van der Waals surface area contributed by atoms with E-state index in [0.29, 0.717) is 40.9 Å². The first-order chi connectivity index (χ1) is 20.1. The molecule has 0 atom stereocenters. The van der Waals surface area contributed by atoms with Gasteiger partial charge in [0.25, 0.3) is 5.91 Å². The lowest BCUT2D eigenvalue weighted by molar-refractivity contribution is -0.111. The third-order valence-electron chi connectivity index (χ3n) is 6.46. The fraction of sp³-hybridized carbons (Fsp3) is 0.152. The topological polar surface area (TPSA) is 105 Å². The Kier molecular flexibility index (Phi) is 8.81. The number of aromatic nitrogens is 2. The molecule has 0 saturated carbocycles. The van der Waals surface area contributed by atoms with Crippen molar-refractivity contribution < 1.29 is 14.3 Å². The van der Waals surface area contributed by atoms with Gasteiger partial charge in [0.2, 0.25) is 11.9 Å². The van der Waals surface area contributed by atoms with Crippen LogP contribution in [0.4, 0.5) is 23.0 Å². The maximum atomic E-state index is 13.0. The minimum atomic E-state index is -0.319. The Morgan fingerprint density at radius 3 is 2.63 bits per heavy atom. The van der Waals surface area contributed by atoms with Crippen LogP contribution in [0.25, 0.3) is 11.3 Å². The normalized spacial score (nSPS) is 13.8. The Morgan fingerprint density at radius 1 is 0.927 bits per heavy atom. The Bertz CT molecular complexity index is 1580. The van der Waals surface area contributed by atoms with Gasteiger partial charge >= 0.3 is 0 Å². The van der Waals surface area contributed by atoms with Gasteiger partial charge in [-0.15, -0.1) is 0 Å². The van der Waals surface area contributed by atoms with Gasteiger partial charge in [0.15, 0.2) is 0 Å². The summed E-state index contributed by atoms with van der Waals surface area (Å²) in [5.74, 6) is 0.417. The number of hydrogen-bond acceptors (Lipinski definition) is 6. The number of nitrogens with zero attached hydrogens (tertiary/aromatic N) is 2. The van der Waals surface area contributed by atoms with Gasteiger partial charge < -0.3 is 20.7 Å². The minimum Gasteiger partial charge on any atom is -0.493 e. The van der Waals surface area contributed by atoms with E-state index in [-0.39, 0.29) is 11.8 Å². The number of aryl methyl sites for hydroxylation is 1. The summed E-state index contributed by atoms with van der Waals surface area (Å²) in [5.41, 5.74) is 5.35. The van der Waals surface area contributed by atoms with Crippen LogP contribution < -0.4 is 20.7 Å². The van der Waals surface area contributed by atoms with Crippen molar-refractivity contribution in [1.29, 1.82) is 0 Å². The van der Waals surface area contributed by atoms with Crippen molar-refractivity contribution in [2.75, 3.05) is 22.6 Å². The number of anilines is 4. The van der Waals surface area contributed by atoms with Crippen molar-refractivity contribution in [3.8, 4) is 17.0 Å². The summed E-state index contributed by atoms with van der Waals surface area (Å²) >= 11 is 0. The highest BCUT2D eigenvalue weighted by atomic mass is 16.5. The van der Waals surface area contributed by atoms with Crippen molar-refractivity contribution in [3.63, 3.8) is 0 Å². The van der Waals surface area contributed by atoms with Crippen molar-refractivity contribution in [2.24, 2.45) is 0 Å². The summed E-state index contributed by atoms with van der Waals surface area (Å²) in [6.45, 7) is 3.94. The molecule has 41 heavy (non-hydrogen) atoms. The third kappa shape index (κ3) is 7.67. The molecule has 8 heteroatoms. The molecule has 0 unspecified atom stereocenters. The second-order valence-corrected chi connectivity index (χ2v) is 9.56. The van der Waals surface area contributed by atoms with Gasteiger partial charge in [-0.2, -0.15) is 0 Å². The smallest absolute Gasteiger partial charge is 0.255 e. The van der Waals surface area contributed by atoms with Crippen LogP contribution in [-0.2, 0) is 11.2 Å². The van der Waals surface area contributed by atoms with Crippen molar-refractivity contribution in [1.82, 2.24) is 9.97 Å². The van der Waals surface area contributed by atoms with Gasteiger partial charge in [-0.1, -0.05) is 36.9 Å². The quantitative estimate of drug-likeness (QED) is 0.190. The van der Waals surface area contributed by atoms with Gasteiger partial charge in [0, 0.05) is 46.5 Å². The van der Waals surface area contributed by atoms with Crippen LogP contribution in [0.15, 0.2) is 104 Å². The van der Waals surface area contributed by atoms with Crippen molar-refractivity contribution in [2.45, 2.75) is 25.7 Å². The monoisotopic (exact) mass is 545 g/mol. The predicted octanol–water partition coefficient (Wildman–Crippen LogP) is 6.93. The maximum absolute atomic E-state index is 13.0. The molecule has 1 aliphatic heterocycles. The number of fused-ring (bicyclic) bond motifs is 7. The second kappa shape index (κ2) is 13.2. The number of ether oxygens (including phenoxy) is 1. The lowest BCUT2D eigenvalue weighted by Gasteiger charge is -2.14. The summed E-state index contributed by atoms with van der Waals surface area (Å²) in [5, 5.41) is 8.87. The van der Waals surface area contributed by atoms with Crippen molar-refractivity contribution >= 4 is 34.8 Å². The highest BCUT2D eigenvalue weighted by Crippen LogP contribution is 2.28. The molecule has 1 aliphatic rings. The second-order valence-electron chi connectivity index (χ2n) is 9.56. The van der Waals surface area contributed by atoms with Crippen LogP contribution in [0.3, 0.4) is 0 Å². The summed E-state index contributed by atoms with van der Waals surface area (Å²) < 4.78 is 6.04. The van der Waals surface area contributed by atoms with Crippen LogP contribution in [0.5, 0.6) is 5.75 Å². The van der Waals surface area contributed by atoms with E-state index in [1.54, 1.807) is 42.6 Å². The molecular weight excluding hydrogens is 514 g/mol. The van der Waals surface area contributed by atoms with Gasteiger partial charge in [-0.25, -0.2) is 9.97 Å². The predicted molar refractivity (Wildman–Crippen MR) is 163 cm³/mol. The van der Waals surface area contributed by atoms with Crippen LogP contribution >= 0.6 is 0 Å². The SMILES string of the molecule is C=CC(=O)Nc1ccc(C(=O)Nc2cc3cc(c2)OCC/C=C/CCCc2cccc(c2)-c2ccnc(n2)N3)cc1. The molecule has 6 bridgehead atoms. The molecule has 5 rings (SSSR count). The number of amides is 2. The van der Waals surface area contributed by atoms with Gasteiger partial charge in [0.1, 0.15) is 5.75 Å². The van der Waals surface area contributed by atoms with E-state index >= 15 is 0 Å². The molecule has 2 amide bonds. The zero-order valence-corrected chi connectivity index (χ0v) is 22.6. The van der Waals surface area contributed by atoms with E-state index in [9.17, 15) is 9.59 Å². The average Bonchev–Trinajstić information content (AvgIpc) is 2.98. The van der Waals surface area contributed by atoms with Crippen molar-refractivity contribution in [3.05, 3.63) is 115 Å². The molecule has 3 N–H and O–H groups in total. The van der Waals surface area contributed by atoms with E-state index in [4.69, 9.17) is 9.72 Å². The number of hydrogen-bond donors (Lipinski definition) is 3. The summed E-state index contributed by atoms with van der Waals surface area (Å²) in [6.07, 6.45) is 11.1. The molecule has 1 aromatic heterocycles. The molecule has 0 radical (unpaired) electrons. The maximum Gasteiger partial charge on any atom is 0.255 e. The van der Waals surface area contributed by atoms with Gasteiger partial charge in [-0.3, -0.25) is 9.59 Å². The van der Waals surface area contributed by atoms with E-state index in [0.717, 1.165) is 36.9 Å². The summed E-state index contributed by atoms with van der Waals surface area (Å²) in [6, 6.07) is 22.4. The molecule has 4 aromatic rings. The third-order valence-corrected chi connectivity index (χ3v) is 6.46. The average molecular weight is 546 g/mol. The first-order valence-electron chi connectivity index (χ1n) is 13.5. The zero-order chi connectivity index (χ0) is 28.4. The lowest BCUT2D eigenvalue weighted by Crippen LogP contribution is -2.13. The first kappa shape index (κ1) is 27.3. The highest BCUT2D eigenvalue weighted by molar-refractivity contribution is 6.05. The first-order valence-corrected chi connectivity index (χ1v) is 13.5. The summed E-state index contributed by atoms with van der Waals surface area (Å²) in [4.78, 5) is 33.7. The number of rotatable bonds is 4. The van der Waals surface area contributed by atoms with Crippen LogP contribution in [0.2, 0.25) is 0 Å². The molecule has 206 valence electrons. The standard InChI is InChI=1S/C33H31N5O3/c1-2-31(39)35-26-14-12-24(13-15-26)32(40)36-27-20-28-22-29(21-27)41-18-7-5-3-4-6-9-23-10-8-11-25(19-23)30-16-17-34-33(37-28)38-30/h2-3,5,8,10-17,19-22H,1,4,6-7,9,18H2,(H,35,39)(H,36,40)(H,34,37,38)/b5-3+. The van der Waals surface area contributed by atoms with Crippen LogP contribution in [0, 0.1) is 0 Å². The molecule has 0 saturated heterocycles.